The molecule has 0 unspecified atom stereocenters. The van der Waals surface area contributed by atoms with Crippen LogP contribution in [0.2, 0.25) is 0 Å². The smallest absolute Gasteiger partial charge is 0.241 e. The fourth-order valence-corrected chi connectivity index (χ4v) is 4.78. The standard InChI is InChI=1S/C24H32N6O2/c1-16(2)27-24-26-15-22-20(14-21(30(22)28-24)17-3-5-19(31)6-4-17)18-7-8-25-23(13-18)29-9-11-32-12-10-29/h7-8,13-17,19,31H,3-6,9-12H2,1-2H3,(H,27,28)/t17-,19-. The quantitative estimate of drug-likeness (QED) is 0.633. The minimum Gasteiger partial charge on any atom is -0.393 e. The number of anilines is 2. The Hall–Kier alpha value is -2.71. The summed E-state index contributed by atoms with van der Waals surface area (Å²) in [6, 6.07) is 6.75. The first-order valence-corrected chi connectivity index (χ1v) is 11.7. The van der Waals surface area contributed by atoms with Gasteiger partial charge < -0.3 is 20.1 Å². The topological polar surface area (TPSA) is 87.8 Å². The number of hydrogen-bond acceptors (Lipinski definition) is 7. The number of morpholine rings is 1. The third kappa shape index (κ3) is 4.29. The van der Waals surface area contributed by atoms with Gasteiger partial charge >= 0.3 is 0 Å². The Balaban J connectivity index is 1.57. The highest BCUT2D eigenvalue weighted by molar-refractivity contribution is 5.82. The zero-order chi connectivity index (χ0) is 22.1. The van der Waals surface area contributed by atoms with E-state index in [0.29, 0.717) is 11.9 Å². The molecule has 8 heteroatoms. The number of aromatic nitrogens is 4. The molecule has 1 saturated heterocycles. The highest BCUT2D eigenvalue weighted by atomic mass is 16.5. The molecule has 3 aromatic rings. The average molecular weight is 437 g/mol. The molecule has 1 aliphatic carbocycles. The van der Waals surface area contributed by atoms with Crippen molar-refractivity contribution in [2.75, 3.05) is 36.5 Å². The summed E-state index contributed by atoms with van der Waals surface area (Å²) in [5.41, 5.74) is 4.44. The number of aliphatic hydroxyl groups is 1. The van der Waals surface area contributed by atoms with E-state index in [1.165, 1.54) is 5.69 Å². The summed E-state index contributed by atoms with van der Waals surface area (Å²) in [6.45, 7) is 7.35. The van der Waals surface area contributed by atoms with Gasteiger partial charge in [0.05, 0.1) is 31.0 Å². The third-order valence-corrected chi connectivity index (χ3v) is 6.47. The summed E-state index contributed by atoms with van der Waals surface area (Å²) in [5.74, 6) is 1.99. The lowest BCUT2D eigenvalue weighted by Gasteiger charge is -2.28. The van der Waals surface area contributed by atoms with Gasteiger partial charge in [0.2, 0.25) is 5.95 Å². The first-order chi connectivity index (χ1) is 15.6. The Kier molecular flexibility index (Phi) is 5.97. The van der Waals surface area contributed by atoms with Crippen LogP contribution in [0.4, 0.5) is 11.8 Å². The first kappa shape index (κ1) is 21.2. The maximum absolute atomic E-state index is 10.0. The lowest BCUT2D eigenvalue weighted by atomic mass is 9.85. The molecule has 1 saturated carbocycles. The monoisotopic (exact) mass is 436 g/mol. The van der Waals surface area contributed by atoms with E-state index >= 15 is 0 Å². The highest BCUT2D eigenvalue weighted by Gasteiger charge is 2.26. The van der Waals surface area contributed by atoms with E-state index in [9.17, 15) is 5.11 Å². The van der Waals surface area contributed by atoms with Gasteiger partial charge in [0, 0.05) is 42.5 Å². The van der Waals surface area contributed by atoms with Crippen molar-refractivity contribution in [2.45, 2.75) is 57.6 Å². The number of ether oxygens (including phenoxy) is 1. The van der Waals surface area contributed by atoms with E-state index in [-0.39, 0.29) is 12.1 Å². The summed E-state index contributed by atoms with van der Waals surface area (Å²) < 4.78 is 7.56. The van der Waals surface area contributed by atoms with E-state index < -0.39 is 0 Å². The number of aliphatic hydroxyl groups excluding tert-OH is 1. The molecule has 0 bridgehead atoms. The number of fused-ring (bicyclic) bond motifs is 1. The van der Waals surface area contributed by atoms with Crippen LogP contribution in [-0.2, 0) is 4.74 Å². The van der Waals surface area contributed by atoms with Gasteiger partial charge in [-0.05, 0) is 63.3 Å². The molecule has 0 radical (unpaired) electrons. The second kappa shape index (κ2) is 9.03. The minimum atomic E-state index is -0.180. The molecular weight excluding hydrogens is 404 g/mol. The van der Waals surface area contributed by atoms with Gasteiger partial charge in [-0.3, -0.25) is 0 Å². The minimum absolute atomic E-state index is 0.180. The van der Waals surface area contributed by atoms with Crippen molar-refractivity contribution in [2.24, 2.45) is 0 Å². The zero-order valence-electron chi connectivity index (χ0n) is 18.9. The molecule has 170 valence electrons. The van der Waals surface area contributed by atoms with E-state index in [1.807, 2.05) is 12.4 Å². The van der Waals surface area contributed by atoms with Crippen molar-refractivity contribution < 1.29 is 9.84 Å². The van der Waals surface area contributed by atoms with Gasteiger partial charge in [-0.25, -0.2) is 14.5 Å². The normalized spacial score (nSPS) is 21.9. The van der Waals surface area contributed by atoms with Crippen LogP contribution in [0.15, 0.2) is 30.6 Å². The molecule has 32 heavy (non-hydrogen) atoms. The molecule has 0 spiro atoms. The van der Waals surface area contributed by atoms with E-state index in [2.05, 4.69) is 56.7 Å². The van der Waals surface area contributed by atoms with Gasteiger partial charge in [0.15, 0.2) is 0 Å². The average Bonchev–Trinajstić information content (AvgIpc) is 3.19. The van der Waals surface area contributed by atoms with Crippen LogP contribution in [0.25, 0.3) is 16.6 Å². The first-order valence-electron chi connectivity index (χ1n) is 11.7. The van der Waals surface area contributed by atoms with Crippen LogP contribution in [0.1, 0.15) is 51.1 Å². The number of hydrogen-bond donors (Lipinski definition) is 2. The molecule has 2 fully saturated rings. The van der Waals surface area contributed by atoms with Gasteiger partial charge in [-0.2, -0.15) is 0 Å². The Bertz CT molecular complexity index is 1070. The summed E-state index contributed by atoms with van der Waals surface area (Å²) in [7, 11) is 0. The molecule has 1 aliphatic heterocycles. The van der Waals surface area contributed by atoms with Gasteiger partial charge in [-0.1, -0.05) is 0 Å². The van der Waals surface area contributed by atoms with Gasteiger partial charge in [0.1, 0.15) is 5.82 Å². The maximum Gasteiger partial charge on any atom is 0.241 e. The van der Waals surface area contributed by atoms with Crippen LogP contribution in [0, 0.1) is 0 Å². The Labute approximate surface area is 188 Å². The lowest BCUT2D eigenvalue weighted by Crippen LogP contribution is -2.36. The summed E-state index contributed by atoms with van der Waals surface area (Å²) in [4.78, 5) is 11.5. The molecule has 2 N–H and O–H groups in total. The molecule has 0 amide bonds. The van der Waals surface area contributed by atoms with Crippen molar-refractivity contribution in [3.63, 3.8) is 0 Å². The fourth-order valence-electron chi connectivity index (χ4n) is 4.78. The summed E-state index contributed by atoms with van der Waals surface area (Å²) in [5, 5.41) is 18.2. The van der Waals surface area contributed by atoms with E-state index in [1.54, 1.807) is 0 Å². The molecular formula is C24H32N6O2. The molecule has 5 rings (SSSR count). The maximum atomic E-state index is 10.0. The zero-order valence-corrected chi connectivity index (χ0v) is 18.9. The third-order valence-electron chi connectivity index (χ3n) is 6.47. The van der Waals surface area contributed by atoms with E-state index in [4.69, 9.17) is 9.84 Å². The van der Waals surface area contributed by atoms with Crippen LogP contribution >= 0.6 is 0 Å². The molecule has 0 atom stereocenters. The van der Waals surface area contributed by atoms with Crippen molar-refractivity contribution in [3.8, 4) is 11.1 Å². The predicted molar refractivity (Wildman–Crippen MR) is 125 cm³/mol. The summed E-state index contributed by atoms with van der Waals surface area (Å²) >= 11 is 0. The second-order valence-electron chi connectivity index (χ2n) is 9.17. The van der Waals surface area contributed by atoms with Crippen molar-refractivity contribution in [1.82, 2.24) is 19.6 Å². The predicted octanol–water partition coefficient (Wildman–Crippen LogP) is 3.47. The van der Waals surface area contributed by atoms with Crippen molar-refractivity contribution >= 4 is 17.3 Å². The highest BCUT2D eigenvalue weighted by Crippen LogP contribution is 2.38. The Morgan fingerprint density at radius 2 is 1.88 bits per heavy atom. The Morgan fingerprint density at radius 1 is 1.09 bits per heavy atom. The van der Waals surface area contributed by atoms with Crippen LogP contribution in [0.5, 0.6) is 0 Å². The number of nitrogens with one attached hydrogen (secondary N) is 1. The van der Waals surface area contributed by atoms with Gasteiger partial charge in [0.25, 0.3) is 0 Å². The number of nitrogens with zero attached hydrogens (tertiary/aromatic N) is 5. The van der Waals surface area contributed by atoms with Crippen LogP contribution < -0.4 is 10.2 Å². The molecule has 8 nitrogen and oxygen atoms in total. The summed E-state index contributed by atoms with van der Waals surface area (Å²) in [6.07, 6.45) is 7.25. The van der Waals surface area contributed by atoms with Crippen molar-refractivity contribution in [3.05, 3.63) is 36.3 Å². The molecule has 4 heterocycles. The molecule has 0 aromatic carbocycles. The van der Waals surface area contributed by atoms with Crippen LogP contribution in [-0.4, -0.2) is 63.1 Å². The lowest BCUT2D eigenvalue weighted by molar-refractivity contribution is 0.121. The molecule has 3 aromatic heterocycles. The molecule has 2 aliphatic rings. The van der Waals surface area contributed by atoms with Crippen LogP contribution in [0.3, 0.4) is 0 Å². The fraction of sp³-hybridized carbons (Fsp3) is 0.542. The Morgan fingerprint density at radius 3 is 2.62 bits per heavy atom. The van der Waals surface area contributed by atoms with Crippen molar-refractivity contribution in [1.29, 1.82) is 0 Å². The van der Waals surface area contributed by atoms with Gasteiger partial charge in [-0.15, -0.1) is 5.10 Å². The largest absolute Gasteiger partial charge is 0.393 e. The SMILES string of the molecule is CC(C)Nc1ncc2c(-c3ccnc(N4CCOCC4)c3)cc([C@H]3CC[C@H](O)CC3)n2n1. The number of rotatable bonds is 5. The number of pyridine rings is 1. The van der Waals surface area contributed by atoms with E-state index in [0.717, 1.165) is 74.4 Å². The second-order valence-corrected chi connectivity index (χ2v) is 9.17.